The van der Waals surface area contributed by atoms with Crippen LogP contribution in [0.4, 0.5) is 0 Å². The highest BCUT2D eigenvalue weighted by atomic mass is 16.2. The van der Waals surface area contributed by atoms with Crippen LogP contribution in [0.25, 0.3) is 10.8 Å². The Balaban J connectivity index is 1.55. The molecule has 126 valence electrons. The average molecular weight is 324 g/mol. The Morgan fingerprint density at radius 2 is 1.88 bits per heavy atom. The number of benzene rings is 2. The van der Waals surface area contributed by atoms with Crippen molar-refractivity contribution in [3.8, 4) is 0 Å². The maximum absolute atomic E-state index is 12.3. The van der Waals surface area contributed by atoms with E-state index in [4.69, 9.17) is 0 Å². The molecule has 4 heteroatoms. The minimum Gasteiger partial charge on any atom is -0.355 e. The van der Waals surface area contributed by atoms with Crippen LogP contribution in [-0.2, 0) is 9.59 Å². The topological polar surface area (TPSA) is 58.2 Å². The maximum Gasteiger partial charge on any atom is 0.223 e. The minimum absolute atomic E-state index is 0.0216. The summed E-state index contributed by atoms with van der Waals surface area (Å²) in [4.78, 5) is 23.9. The van der Waals surface area contributed by atoms with Crippen LogP contribution in [0.5, 0.6) is 0 Å². The van der Waals surface area contributed by atoms with E-state index in [-0.39, 0.29) is 23.8 Å². The van der Waals surface area contributed by atoms with E-state index in [9.17, 15) is 9.59 Å². The fourth-order valence-electron chi connectivity index (χ4n) is 3.23. The molecule has 2 aromatic rings. The molecule has 2 aromatic carbocycles. The van der Waals surface area contributed by atoms with Gasteiger partial charge in [-0.15, -0.1) is 0 Å². The second kappa shape index (κ2) is 7.04. The van der Waals surface area contributed by atoms with Crippen LogP contribution in [0.1, 0.15) is 38.2 Å². The van der Waals surface area contributed by atoms with E-state index < -0.39 is 0 Å². The van der Waals surface area contributed by atoms with Gasteiger partial charge in [-0.05, 0) is 42.5 Å². The van der Waals surface area contributed by atoms with Gasteiger partial charge in [0.05, 0.1) is 0 Å². The fraction of sp³-hybridized carbons (Fsp3) is 0.400. The molecule has 0 saturated heterocycles. The van der Waals surface area contributed by atoms with Crippen molar-refractivity contribution < 1.29 is 9.59 Å². The third kappa shape index (κ3) is 3.75. The molecule has 1 saturated carbocycles. The summed E-state index contributed by atoms with van der Waals surface area (Å²) in [6, 6.07) is 14.7. The van der Waals surface area contributed by atoms with Crippen molar-refractivity contribution in [2.45, 2.75) is 38.6 Å². The molecule has 1 fully saturated rings. The van der Waals surface area contributed by atoms with Crippen LogP contribution in [0, 0.1) is 5.92 Å². The highest BCUT2D eigenvalue weighted by Crippen LogP contribution is 2.49. The number of amides is 2. The first-order chi connectivity index (χ1) is 11.6. The van der Waals surface area contributed by atoms with E-state index in [1.807, 2.05) is 26.0 Å². The molecule has 0 aliphatic heterocycles. The number of fused-ring (bicyclic) bond motifs is 1. The Labute approximate surface area is 142 Å². The summed E-state index contributed by atoms with van der Waals surface area (Å²) >= 11 is 0. The summed E-state index contributed by atoms with van der Waals surface area (Å²) in [7, 11) is 0. The molecule has 1 aliphatic carbocycles. The summed E-state index contributed by atoms with van der Waals surface area (Å²) in [6.07, 6.45) is 1.22. The lowest BCUT2D eigenvalue weighted by Gasteiger charge is -2.09. The van der Waals surface area contributed by atoms with Gasteiger partial charge in [-0.25, -0.2) is 0 Å². The number of carbonyl (C=O) groups excluding carboxylic acids is 2. The highest BCUT2D eigenvalue weighted by molar-refractivity contribution is 5.89. The van der Waals surface area contributed by atoms with E-state index in [1.165, 1.54) is 16.3 Å². The van der Waals surface area contributed by atoms with Gasteiger partial charge in [-0.2, -0.15) is 0 Å². The molecule has 0 radical (unpaired) electrons. The van der Waals surface area contributed by atoms with Gasteiger partial charge in [0.25, 0.3) is 0 Å². The second-order valence-corrected chi connectivity index (χ2v) is 6.78. The molecule has 2 unspecified atom stereocenters. The summed E-state index contributed by atoms with van der Waals surface area (Å²) < 4.78 is 0. The van der Waals surface area contributed by atoms with Gasteiger partial charge >= 0.3 is 0 Å². The smallest absolute Gasteiger partial charge is 0.223 e. The molecular formula is C20H24N2O2. The summed E-state index contributed by atoms with van der Waals surface area (Å²) in [6.45, 7) is 4.25. The number of carbonyl (C=O) groups is 2. The van der Waals surface area contributed by atoms with Crippen LogP contribution in [0.3, 0.4) is 0 Å². The van der Waals surface area contributed by atoms with Crippen molar-refractivity contribution in [1.29, 1.82) is 0 Å². The lowest BCUT2D eigenvalue weighted by Crippen LogP contribution is -2.34. The molecular weight excluding hydrogens is 300 g/mol. The van der Waals surface area contributed by atoms with Gasteiger partial charge in [-0.1, -0.05) is 42.5 Å². The molecule has 2 atom stereocenters. The van der Waals surface area contributed by atoms with Gasteiger partial charge in [0.1, 0.15) is 0 Å². The maximum atomic E-state index is 12.3. The monoisotopic (exact) mass is 324 g/mol. The zero-order valence-corrected chi connectivity index (χ0v) is 14.2. The average Bonchev–Trinajstić information content (AvgIpc) is 3.34. The number of rotatable bonds is 6. The van der Waals surface area contributed by atoms with Crippen molar-refractivity contribution in [3.63, 3.8) is 0 Å². The Kier molecular flexibility index (Phi) is 4.84. The summed E-state index contributed by atoms with van der Waals surface area (Å²) in [5.41, 5.74) is 1.26. The number of hydrogen-bond acceptors (Lipinski definition) is 2. The predicted molar refractivity (Wildman–Crippen MR) is 95.7 cm³/mol. The molecule has 0 bridgehead atoms. The quantitative estimate of drug-likeness (QED) is 0.858. The Morgan fingerprint density at radius 3 is 2.67 bits per heavy atom. The molecule has 24 heavy (non-hydrogen) atoms. The molecule has 0 aromatic heterocycles. The normalized spacial score (nSPS) is 19.3. The van der Waals surface area contributed by atoms with Crippen LogP contribution in [0.15, 0.2) is 42.5 Å². The largest absolute Gasteiger partial charge is 0.355 e. The molecule has 3 rings (SSSR count). The first-order valence-electron chi connectivity index (χ1n) is 8.61. The van der Waals surface area contributed by atoms with Gasteiger partial charge in [0.15, 0.2) is 0 Å². The van der Waals surface area contributed by atoms with Crippen LogP contribution in [-0.4, -0.2) is 24.4 Å². The SMILES string of the molecule is CC(C)NC(=O)CCNC(=O)C1CC1c1cccc2ccccc12. The van der Waals surface area contributed by atoms with Crippen LogP contribution >= 0.6 is 0 Å². The second-order valence-electron chi connectivity index (χ2n) is 6.78. The van der Waals surface area contributed by atoms with Crippen molar-refractivity contribution in [2.24, 2.45) is 5.92 Å². The number of hydrogen-bond donors (Lipinski definition) is 2. The van der Waals surface area contributed by atoms with E-state index in [2.05, 4.69) is 41.0 Å². The predicted octanol–water partition coefficient (Wildman–Crippen LogP) is 2.97. The third-order valence-electron chi connectivity index (χ3n) is 4.45. The lowest BCUT2D eigenvalue weighted by atomic mass is 10.00. The van der Waals surface area contributed by atoms with Gasteiger partial charge in [0, 0.05) is 24.9 Å². The molecule has 2 N–H and O–H groups in total. The van der Waals surface area contributed by atoms with Gasteiger partial charge < -0.3 is 10.6 Å². The summed E-state index contributed by atoms with van der Waals surface area (Å²) in [5, 5.41) is 8.17. The van der Waals surface area contributed by atoms with Crippen LogP contribution in [0.2, 0.25) is 0 Å². The van der Waals surface area contributed by atoms with E-state index in [0.717, 1.165) is 6.42 Å². The zero-order valence-electron chi connectivity index (χ0n) is 14.2. The Bertz CT molecular complexity index is 749. The first-order valence-corrected chi connectivity index (χ1v) is 8.61. The van der Waals surface area contributed by atoms with Gasteiger partial charge in [0.2, 0.25) is 11.8 Å². The fourth-order valence-corrected chi connectivity index (χ4v) is 3.23. The molecule has 0 spiro atoms. The summed E-state index contributed by atoms with van der Waals surface area (Å²) in [5.74, 6) is 0.363. The van der Waals surface area contributed by atoms with Crippen molar-refractivity contribution in [2.75, 3.05) is 6.54 Å². The van der Waals surface area contributed by atoms with Gasteiger partial charge in [-0.3, -0.25) is 9.59 Å². The number of nitrogens with one attached hydrogen (secondary N) is 2. The van der Waals surface area contributed by atoms with E-state index in [1.54, 1.807) is 0 Å². The third-order valence-corrected chi connectivity index (χ3v) is 4.45. The first kappa shape index (κ1) is 16.5. The highest BCUT2D eigenvalue weighted by Gasteiger charge is 2.44. The molecule has 2 amide bonds. The van der Waals surface area contributed by atoms with E-state index >= 15 is 0 Å². The molecule has 4 nitrogen and oxygen atoms in total. The molecule has 0 heterocycles. The van der Waals surface area contributed by atoms with Crippen LogP contribution < -0.4 is 10.6 Å². The lowest BCUT2D eigenvalue weighted by molar-refractivity contribution is -0.123. The van der Waals surface area contributed by atoms with Crippen molar-refractivity contribution >= 4 is 22.6 Å². The van der Waals surface area contributed by atoms with E-state index in [0.29, 0.717) is 18.9 Å². The van der Waals surface area contributed by atoms with Crippen molar-refractivity contribution in [1.82, 2.24) is 10.6 Å². The van der Waals surface area contributed by atoms with Crippen molar-refractivity contribution in [3.05, 3.63) is 48.0 Å². The zero-order chi connectivity index (χ0) is 17.1. The molecule has 1 aliphatic rings. The Hall–Kier alpha value is -2.36. The Morgan fingerprint density at radius 1 is 1.12 bits per heavy atom. The standard InChI is InChI=1S/C20H24N2O2/c1-13(2)22-19(23)10-11-21-20(24)18-12-17(18)16-9-5-7-14-6-3-4-8-15(14)16/h3-9,13,17-18H,10-12H2,1-2H3,(H,21,24)(H,22,23). The minimum atomic E-state index is -0.0216.